The van der Waals surface area contributed by atoms with Crippen LogP contribution in [0, 0.1) is 6.92 Å². The summed E-state index contributed by atoms with van der Waals surface area (Å²) in [5, 5.41) is 9.11. The number of carbonyl (C=O) groups is 1. The van der Waals surface area contributed by atoms with Crippen LogP contribution in [0.25, 0.3) is 20.9 Å². The molecule has 0 radical (unpaired) electrons. The highest BCUT2D eigenvalue weighted by molar-refractivity contribution is 7.22. The Kier molecular flexibility index (Phi) is 3.44. The Morgan fingerprint density at radius 2 is 2.17 bits per heavy atom. The quantitative estimate of drug-likeness (QED) is 0.592. The molecule has 0 fully saturated rings. The van der Waals surface area contributed by atoms with E-state index in [1.807, 2.05) is 42.6 Å². The number of amides is 1. The maximum atomic E-state index is 12.3. The molecule has 3 heterocycles. The zero-order valence-corrected chi connectivity index (χ0v) is 13.7. The number of nitrogens with zero attached hydrogens (tertiary/aromatic N) is 2. The highest BCUT2D eigenvalue weighted by atomic mass is 32.1. The van der Waals surface area contributed by atoms with E-state index in [0.29, 0.717) is 10.9 Å². The smallest absolute Gasteiger partial charge is 0.279 e. The molecule has 0 saturated carbocycles. The molecule has 0 bridgehead atoms. The number of aryl methyl sites for hydroxylation is 1. The number of anilines is 1. The zero-order chi connectivity index (χ0) is 15.8. The van der Waals surface area contributed by atoms with Crippen molar-refractivity contribution in [3.05, 3.63) is 53.0 Å². The molecule has 0 aliphatic rings. The molecule has 0 aliphatic carbocycles. The molecule has 1 amide bonds. The van der Waals surface area contributed by atoms with Gasteiger partial charge in [0.05, 0.1) is 15.1 Å². The molecule has 0 spiro atoms. The van der Waals surface area contributed by atoms with E-state index >= 15 is 0 Å². The summed E-state index contributed by atoms with van der Waals surface area (Å²) in [4.78, 5) is 17.6. The number of aromatic nitrogens is 2. The van der Waals surface area contributed by atoms with Crippen molar-refractivity contribution in [1.82, 2.24) is 10.1 Å². The molecule has 3 aromatic heterocycles. The third kappa shape index (κ3) is 2.76. The summed E-state index contributed by atoms with van der Waals surface area (Å²) in [7, 11) is 0. The van der Waals surface area contributed by atoms with Crippen molar-refractivity contribution >= 4 is 43.9 Å². The lowest BCUT2D eigenvalue weighted by Crippen LogP contribution is -2.11. The van der Waals surface area contributed by atoms with Crippen LogP contribution in [-0.2, 0) is 0 Å². The van der Waals surface area contributed by atoms with Crippen LogP contribution in [0.4, 0.5) is 5.13 Å². The van der Waals surface area contributed by atoms with Crippen LogP contribution in [0.15, 0.2) is 46.3 Å². The zero-order valence-electron chi connectivity index (χ0n) is 12.1. The van der Waals surface area contributed by atoms with Gasteiger partial charge in [0, 0.05) is 6.07 Å². The Morgan fingerprint density at radius 1 is 1.26 bits per heavy atom. The van der Waals surface area contributed by atoms with Gasteiger partial charge in [-0.2, -0.15) is 0 Å². The SMILES string of the molecule is Cc1ccc2nc(NC(=O)c3cc(-c4cccs4)on3)sc2c1. The standard InChI is InChI=1S/C16H11N3O2S2/c1-9-4-5-10-14(7-9)23-16(17-10)18-15(20)11-8-12(21-19-11)13-3-2-6-22-13/h2-8H,1H3,(H,17,18,20). The number of nitrogens with one attached hydrogen (secondary N) is 1. The predicted molar refractivity (Wildman–Crippen MR) is 92.1 cm³/mol. The van der Waals surface area contributed by atoms with E-state index in [4.69, 9.17) is 4.52 Å². The second-order valence-corrected chi connectivity index (χ2v) is 6.98. The Hall–Kier alpha value is -2.51. The number of hydrogen-bond acceptors (Lipinski definition) is 6. The maximum absolute atomic E-state index is 12.3. The molecule has 4 rings (SSSR count). The predicted octanol–water partition coefficient (Wildman–Crippen LogP) is 4.57. The second kappa shape index (κ2) is 5.60. The minimum absolute atomic E-state index is 0.240. The first-order valence-electron chi connectivity index (χ1n) is 6.88. The number of thiophene rings is 1. The van der Waals surface area contributed by atoms with Crippen molar-refractivity contribution in [2.45, 2.75) is 6.92 Å². The van der Waals surface area contributed by atoms with E-state index < -0.39 is 0 Å². The number of hydrogen-bond donors (Lipinski definition) is 1. The van der Waals surface area contributed by atoms with Crippen LogP contribution < -0.4 is 5.32 Å². The Morgan fingerprint density at radius 3 is 3.00 bits per heavy atom. The minimum atomic E-state index is -0.327. The molecule has 1 N–H and O–H groups in total. The summed E-state index contributed by atoms with van der Waals surface area (Å²) in [5.74, 6) is 0.261. The first-order valence-corrected chi connectivity index (χ1v) is 8.58. The Labute approximate surface area is 139 Å². The van der Waals surface area contributed by atoms with Gasteiger partial charge in [-0.25, -0.2) is 4.98 Å². The maximum Gasteiger partial charge on any atom is 0.279 e. The highest BCUT2D eigenvalue weighted by Gasteiger charge is 2.16. The normalized spacial score (nSPS) is 11.0. The van der Waals surface area contributed by atoms with E-state index in [2.05, 4.69) is 15.5 Å². The lowest BCUT2D eigenvalue weighted by Gasteiger charge is -1.95. The lowest BCUT2D eigenvalue weighted by atomic mass is 10.2. The van der Waals surface area contributed by atoms with Gasteiger partial charge in [-0.05, 0) is 36.1 Å². The van der Waals surface area contributed by atoms with Gasteiger partial charge >= 0.3 is 0 Å². The summed E-state index contributed by atoms with van der Waals surface area (Å²) in [6, 6.07) is 11.5. The van der Waals surface area contributed by atoms with Crippen LogP contribution in [0.3, 0.4) is 0 Å². The summed E-state index contributed by atoms with van der Waals surface area (Å²) in [5.41, 5.74) is 2.27. The number of benzene rings is 1. The summed E-state index contributed by atoms with van der Waals surface area (Å²) >= 11 is 2.97. The average Bonchev–Trinajstić information content (AvgIpc) is 3.26. The van der Waals surface area contributed by atoms with Crippen molar-refractivity contribution in [3.63, 3.8) is 0 Å². The van der Waals surface area contributed by atoms with E-state index in [9.17, 15) is 4.79 Å². The average molecular weight is 341 g/mol. The minimum Gasteiger partial charge on any atom is -0.355 e. The van der Waals surface area contributed by atoms with Crippen molar-refractivity contribution in [2.24, 2.45) is 0 Å². The van der Waals surface area contributed by atoms with E-state index in [-0.39, 0.29) is 11.6 Å². The molecule has 4 aromatic rings. The fourth-order valence-electron chi connectivity index (χ4n) is 2.16. The summed E-state index contributed by atoms with van der Waals surface area (Å²) < 4.78 is 6.27. The van der Waals surface area contributed by atoms with E-state index in [0.717, 1.165) is 20.7 Å². The van der Waals surface area contributed by atoms with E-state index in [1.54, 1.807) is 6.07 Å². The van der Waals surface area contributed by atoms with Gasteiger partial charge in [-0.3, -0.25) is 10.1 Å². The van der Waals surface area contributed by atoms with Crippen LogP contribution >= 0.6 is 22.7 Å². The van der Waals surface area contributed by atoms with Gasteiger partial charge in [0.15, 0.2) is 16.6 Å². The largest absolute Gasteiger partial charge is 0.355 e. The van der Waals surface area contributed by atoms with Crippen molar-refractivity contribution in [1.29, 1.82) is 0 Å². The molecule has 5 nitrogen and oxygen atoms in total. The second-order valence-electron chi connectivity index (χ2n) is 5.00. The number of thiazole rings is 1. The molecule has 114 valence electrons. The van der Waals surface area contributed by atoms with E-state index in [1.165, 1.54) is 22.7 Å². The molecule has 0 unspecified atom stereocenters. The van der Waals surface area contributed by atoms with Gasteiger partial charge in [0.1, 0.15) is 0 Å². The first-order chi connectivity index (χ1) is 11.2. The fourth-order valence-corrected chi connectivity index (χ4v) is 3.80. The third-order valence-corrected chi connectivity index (χ3v) is 5.09. The van der Waals surface area contributed by atoms with Crippen molar-refractivity contribution < 1.29 is 9.32 Å². The molecular weight excluding hydrogens is 330 g/mol. The molecular formula is C16H11N3O2S2. The number of fused-ring (bicyclic) bond motifs is 1. The van der Waals surface area contributed by atoms with Gasteiger partial charge < -0.3 is 4.52 Å². The Bertz CT molecular complexity index is 986. The lowest BCUT2D eigenvalue weighted by molar-refractivity contribution is 0.101. The van der Waals surface area contributed by atoms with Crippen molar-refractivity contribution in [3.8, 4) is 10.6 Å². The van der Waals surface area contributed by atoms with Gasteiger partial charge in [-0.15, -0.1) is 11.3 Å². The summed E-state index contributed by atoms with van der Waals surface area (Å²) in [6.07, 6.45) is 0. The van der Waals surface area contributed by atoms with Gasteiger partial charge in [-0.1, -0.05) is 28.6 Å². The number of carbonyl (C=O) groups excluding carboxylic acids is 1. The van der Waals surface area contributed by atoms with Gasteiger partial charge in [0.25, 0.3) is 5.91 Å². The monoisotopic (exact) mass is 341 g/mol. The van der Waals surface area contributed by atoms with Crippen LogP contribution in [0.1, 0.15) is 16.1 Å². The first kappa shape index (κ1) is 14.1. The number of rotatable bonds is 3. The molecule has 7 heteroatoms. The fraction of sp³-hybridized carbons (Fsp3) is 0.0625. The van der Waals surface area contributed by atoms with Crippen LogP contribution in [0.5, 0.6) is 0 Å². The van der Waals surface area contributed by atoms with Crippen LogP contribution in [-0.4, -0.2) is 16.0 Å². The molecule has 0 aliphatic heterocycles. The molecule has 1 aromatic carbocycles. The Balaban J connectivity index is 1.57. The summed E-state index contributed by atoms with van der Waals surface area (Å²) in [6.45, 7) is 2.03. The molecule has 0 atom stereocenters. The van der Waals surface area contributed by atoms with Gasteiger partial charge in [0.2, 0.25) is 0 Å². The molecule has 23 heavy (non-hydrogen) atoms. The topological polar surface area (TPSA) is 68.0 Å². The highest BCUT2D eigenvalue weighted by Crippen LogP contribution is 2.28. The molecule has 0 saturated heterocycles. The third-order valence-electron chi connectivity index (χ3n) is 3.27. The van der Waals surface area contributed by atoms with Crippen molar-refractivity contribution in [2.75, 3.05) is 5.32 Å². The van der Waals surface area contributed by atoms with Crippen LogP contribution in [0.2, 0.25) is 0 Å².